The Morgan fingerprint density at radius 2 is 2.06 bits per heavy atom. The van der Waals surface area contributed by atoms with E-state index in [9.17, 15) is 0 Å². The number of ether oxygens (including phenoxy) is 1. The predicted octanol–water partition coefficient (Wildman–Crippen LogP) is 4.57. The van der Waals surface area contributed by atoms with E-state index in [-0.39, 0.29) is 5.41 Å². The molecule has 0 radical (unpaired) electrons. The molecule has 0 saturated heterocycles. The molecule has 2 heterocycles. The smallest absolute Gasteiger partial charge is 0.111 e. The first kappa shape index (κ1) is 11.6. The van der Waals surface area contributed by atoms with Crippen LogP contribution in [-0.4, -0.2) is 0 Å². The molecule has 1 aromatic heterocycles. The molecule has 3 rings (SSSR count). The van der Waals surface area contributed by atoms with Crippen molar-refractivity contribution in [3.05, 3.63) is 47.8 Å². The van der Waals surface area contributed by atoms with Crippen LogP contribution >= 0.6 is 0 Å². The van der Waals surface area contributed by atoms with Crippen LogP contribution in [0.25, 0.3) is 0 Å². The zero-order chi connectivity index (χ0) is 12.9. The third-order valence-corrected chi connectivity index (χ3v) is 5.06. The van der Waals surface area contributed by atoms with Crippen molar-refractivity contribution in [3.63, 3.8) is 0 Å². The molecule has 2 unspecified atom stereocenters. The fourth-order valence-corrected chi connectivity index (χ4v) is 3.81. The molecule has 0 amide bonds. The minimum Gasteiger partial charge on any atom is -0.469 e. The van der Waals surface area contributed by atoms with Crippen LogP contribution in [0.4, 0.5) is 0 Å². The molecule has 0 N–H and O–H groups in total. The highest BCUT2D eigenvalue weighted by Crippen LogP contribution is 2.60. The van der Waals surface area contributed by atoms with E-state index < -0.39 is 0 Å². The molecular formula is C16H20O2. The lowest BCUT2D eigenvalue weighted by molar-refractivity contribution is 0.139. The Morgan fingerprint density at radius 1 is 1.28 bits per heavy atom. The minimum absolute atomic E-state index is 0.0426. The summed E-state index contributed by atoms with van der Waals surface area (Å²) < 4.78 is 11.5. The normalized spacial score (nSPS) is 40.2. The van der Waals surface area contributed by atoms with E-state index in [1.807, 2.05) is 19.4 Å². The first-order valence-electron chi connectivity index (χ1n) is 6.71. The molecule has 2 nitrogen and oxygen atoms in total. The number of fused-ring (bicyclic) bond motifs is 1. The monoisotopic (exact) mass is 244 g/mol. The molecule has 18 heavy (non-hydrogen) atoms. The van der Waals surface area contributed by atoms with Gasteiger partial charge in [-0.05, 0) is 42.5 Å². The number of rotatable bonds is 0. The molecule has 2 aliphatic rings. The molecule has 0 fully saturated rings. The van der Waals surface area contributed by atoms with E-state index in [4.69, 9.17) is 9.15 Å². The summed E-state index contributed by atoms with van der Waals surface area (Å²) in [6.45, 7) is 8.89. The molecule has 4 atom stereocenters. The summed E-state index contributed by atoms with van der Waals surface area (Å²) in [6.07, 6.45) is 7.97. The van der Waals surface area contributed by atoms with Crippen molar-refractivity contribution < 1.29 is 9.15 Å². The molecular weight excluding hydrogens is 224 g/mol. The third-order valence-electron chi connectivity index (χ3n) is 5.06. The third kappa shape index (κ3) is 1.18. The van der Waals surface area contributed by atoms with Gasteiger partial charge >= 0.3 is 0 Å². The Balaban J connectivity index is 2.21. The van der Waals surface area contributed by atoms with Gasteiger partial charge in [0, 0.05) is 5.92 Å². The lowest BCUT2D eigenvalue weighted by Crippen LogP contribution is -2.39. The second-order valence-electron chi connectivity index (χ2n) is 5.55. The van der Waals surface area contributed by atoms with Crippen LogP contribution in [0.1, 0.15) is 50.9 Å². The van der Waals surface area contributed by atoms with Crippen LogP contribution in [-0.2, 0) is 4.74 Å². The molecule has 96 valence electrons. The quantitative estimate of drug-likeness (QED) is 0.667. The van der Waals surface area contributed by atoms with Gasteiger partial charge < -0.3 is 9.15 Å². The molecule has 0 bridgehead atoms. The average molecular weight is 244 g/mol. The van der Waals surface area contributed by atoms with Gasteiger partial charge in [-0.2, -0.15) is 0 Å². The lowest BCUT2D eigenvalue weighted by atomic mass is 9.57. The second kappa shape index (κ2) is 3.78. The number of allylic oxidation sites excluding steroid dienone is 2. The summed E-state index contributed by atoms with van der Waals surface area (Å²) in [6, 6.07) is 2.12. The van der Waals surface area contributed by atoms with Gasteiger partial charge in [0.1, 0.15) is 11.5 Å². The Bertz CT molecular complexity index is 523. The van der Waals surface area contributed by atoms with E-state index in [2.05, 4.69) is 39.0 Å². The Hall–Kier alpha value is -1.44. The predicted molar refractivity (Wildman–Crippen MR) is 71.1 cm³/mol. The van der Waals surface area contributed by atoms with Crippen LogP contribution in [0, 0.1) is 11.3 Å². The number of furan rings is 1. The molecule has 1 aromatic rings. The van der Waals surface area contributed by atoms with Gasteiger partial charge in [0.15, 0.2) is 0 Å². The van der Waals surface area contributed by atoms with Crippen molar-refractivity contribution in [2.45, 2.75) is 39.5 Å². The average Bonchev–Trinajstić information content (AvgIpc) is 3.01. The van der Waals surface area contributed by atoms with Crippen molar-refractivity contribution in [1.29, 1.82) is 0 Å². The topological polar surface area (TPSA) is 22.4 Å². The van der Waals surface area contributed by atoms with Gasteiger partial charge in [-0.1, -0.05) is 20.8 Å². The summed E-state index contributed by atoms with van der Waals surface area (Å²) in [7, 11) is 0. The highest BCUT2D eigenvalue weighted by molar-refractivity contribution is 5.40. The molecule has 0 saturated carbocycles. The van der Waals surface area contributed by atoms with E-state index in [1.165, 1.54) is 5.56 Å². The van der Waals surface area contributed by atoms with Crippen molar-refractivity contribution >= 4 is 0 Å². The summed E-state index contributed by atoms with van der Waals surface area (Å²) in [5.74, 6) is 3.49. The standard InChI is InChI=1S/C16H20O2/c1-5-14-16(7-9-17-14)11(3)10(2)13-6-8-18-15(13)12(16)4/h5-12H,1-4H3/b14-5-/t10-,11-,12?,16?/m0/s1. The fourth-order valence-electron chi connectivity index (χ4n) is 3.81. The van der Waals surface area contributed by atoms with E-state index in [1.54, 1.807) is 0 Å². The summed E-state index contributed by atoms with van der Waals surface area (Å²) in [5, 5.41) is 0. The highest BCUT2D eigenvalue weighted by Gasteiger charge is 2.53. The molecule has 1 aliphatic carbocycles. The maximum absolute atomic E-state index is 5.75. The van der Waals surface area contributed by atoms with Gasteiger partial charge in [0.25, 0.3) is 0 Å². The van der Waals surface area contributed by atoms with Gasteiger partial charge in [-0.3, -0.25) is 0 Å². The molecule has 0 aromatic carbocycles. The highest BCUT2D eigenvalue weighted by atomic mass is 16.5. The Labute approximate surface area is 108 Å². The van der Waals surface area contributed by atoms with Gasteiger partial charge in [-0.15, -0.1) is 0 Å². The Kier molecular flexibility index (Phi) is 2.44. The van der Waals surface area contributed by atoms with Crippen molar-refractivity contribution in [2.75, 3.05) is 0 Å². The van der Waals surface area contributed by atoms with E-state index >= 15 is 0 Å². The molecule has 2 heteroatoms. The zero-order valence-electron chi connectivity index (χ0n) is 11.4. The van der Waals surface area contributed by atoms with Gasteiger partial charge in [0.05, 0.1) is 17.9 Å². The first-order chi connectivity index (χ1) is 8.63. The van der Waals surface area contributed by atoms with E-state index in [0.717, 1.165) is 11.5 Å². The van der Waals surface area contributed by atoms with Crippen molar-refractivity contribution in [1.82, 2.24) is 0 Å². The second-order valence-corrected chi connectivity index (χ2v) is 5.55. The van der Waals surface area contributed by atoms with E-state index in [0.29, 0.717) is 17.8 Å². The SMILES string of the molecule is C/C=C1\OC=CC12C(C)c1occc1[C@@H](C)[C@@H]2C. The summed E-state index contributed by atoms with van der Waals surface area (Å²) in [5.41, 5.74) is 1.32. The Morgan fingerprint density at radius 3 is 2.78 bits per heavy atom. The van der Waals surface area contributed by atoms with Crippen LogP contribution in [0.5, 0.6) is 0 Å². The largest absolute Gasteiger partial charge is 0.469 e. The number of hydrogen-bond acceptors (Lipinski definition) is 2. The van der Waals surface area contributed by atoms with Crippen molar-refractivity contribution in [2.24, 2.45) is 11.3 Å². The molecule has 1 aliphatic heterocycles. The van der Waals surface area contributed by atoms with Crippen LogP contribution in [0.15, 0.2) is 40.9 Å². The maximum atomic E-state index is 5.75. The van der Waals surface area contributed by atoms with Crippen LogP contribution < -0.4 is 0 Å². The summed E-state index contributed by atoms with van der Waals surface area (Å²) >= 11 is 0. The molecule has 1 spiro atoms. The van der Waals surface area contributed by atoms with Crippen molar-refractivity contribution in [3.8, 4) is 0 Å². The first-order valence-corrected chi connectivity index (χ1v) is 6.71. The zero-order valence-corrected chi connectivity index (χ0v) is 11.4. The number of hydrogen-bond donors (Lipinski definition) is 0. The van der Waals surface area contributed by atoms with Gasteiger partial charge in [-0.25, -0.2) is 0 Å². The van der Waals surface area contributed by atoms with Crippen LogP contribution in [0.2, 0.25) is 0 Å². The lowest BCUT2D eigenvalue weighted by Gasteiger charge is -2.45. The summed E-state index contributed by atoms with van der Waals surface area (Å²) in [4.78, 5) is 0. The maximum Gasteiger partial charge on any atom is 0.111 e. The minimum atomic E-state index is -0.0426. The van der Waals surface area contributed by atoms with Gasteiger partial charge in [0.2, 0.25) is 0 Å². The fraction of sp³-hybridized carbons (Fsp3) is 0.500. The van der Waals surface area contributed by atoms with Crippen LogP contribution in [0.3, 0.4) is 0 Å².